The van der Waals surface area contributed by atoms with E-state index in [4.69, 9.17) is 19.5 Å². The Hall–Kier alpha value is -1.14. The van der Waals surface area contributed by atoms with Crippen molar-refractivity contribution in [2.45, 2.75) is 24.5 Å². The number of nitrogens with zero attached hydrogens (tertiary/aromatic N) is 4. The van der Waals surface area contributed by atoms with Crippen LogP contribution >= 0.6 is 23.8 Å². The number of nitrogen functional groups attached to an aromatic ring is 1. The van der Waals surface area contributed by atoms with E-state index >= 15 is 0 Å². The number of rotatable bonds is 1. The maximum absolute atomic E-state index is 11.5. The van der Waals surface area contributed by atoms with Gasteiger partial charge in [0.1, 0.15) is 24.6 Å². The van der Waals surface area contributed by atoms with E-state index in [0.29, 0.717) is 15.9 Å². The molecule has 13 heteroatoms. The van der Waals surface area contributed by atoms with Gasteiger partial charge < -0.3 is 20.5 Å². The molecule has 0 aromatic carbocycles. The van der Waals surface area contributed by atoms with Crippen LogP contribution in [0.2, 0.25) is 0 Å². The Labute approximate surface area is 137 Å². The number of aliphatic hydroxyl groups excluding tert-OH is 1. The SMILES string of the molecule is Nc1ncnc2c1nc(Br)n2C1O[C@@H]2COP(=O)(O)O[C@H]2[C@H]1O. The standard InChI is InChI=1S/C10H11BrN5O6P/c11-10-15-4-7(12)13-2-14-8(4)16(10)9-5(17)6-3(21-9)1-20-23(18,19)22-6/h2-3,5-6,9,17H,1H2,(H,18,19)(H2,12,13,14)/t3-,5-,6-,9?/m1/s1. The van der Waals surface area contributed by atoms with Crippen molar-refractivity contribution >= 4 is 40.7 Å². The quantitative estimate of drug-likeness (QED) is 0.432. The van der Waals surface area contributed by atoms with Crippen LogP contribution in [-0.2, 0) is 18.3 Å². The highest BCUT2D eigenvalue weighted by molar-refractivity contribution is 9.10. The second kappa shape index (κ2) is 5.18. The van der Waals surface area contributed by atoms with Gasteiger partial charge in [-0.15, -0.1) is 0 Å². The molecule has 4 rings (SSSR count). The van der Waals surface area contributed by atoms with Gasteiger partial charge in [0.05, 0.1) is 6.61 Å². The number of halogens is 1. The van der Waals surface area contributed by atoms with Crippen LogP contribution in [0.4, 0.5) is 5.82 Å². The second-order valence-corrected chi connectivity index (χ2v) is 7.19. The van der Waals surface area contributed by atoms with E-state index in [-0.39, 0.29) is 12.4 Å². The topological polar surface area (TPSA) is 155 Å². The molecule has 0 spiro atoms. The molecule has 0 saturated carbocycles. The molecule has 0 bridgehead atoms. The lowest BCUT2D eigenvalue weighted by atomic mass is 10.1. The van der Waals surface area contributed by atoms with E-state index in [1.807, 2.05) is 0 Å². The molecule has 11 nitrogen and oxygen atoms in total. The summed E-state index contributed by atoms with van der Waals surface area (Å²) in [7, 11) is -4.19. The minimum absolute atomic E-state index is 0.173. The van der Waals surface area contributed by atoms with Gasteiger partial charge in [0, 0.05) is 0 Å². The largest absolute Gasteiger partial charge is 0.472 e. The van der Waals surface area contributed by atoms with Crippen LogP contribution in [0.3, 0.4) is 0 Å². The van der Waals surface area contributed by atoms with Crippen LogP contribution in [0, 0.1) is 0 Å². The molecule has 0 aliphatic carbocycles. The van der Waals surface area contributed by atoms with Gasteiger partial charge >= 0.3 is 7.82 Å². The van der Waals surface area contributed by atoms with Crippen molar-refractivity contribution < 1.29 is 28.3 Å². The Bertz CT molecular complexity index is 831. The number of phosphoric acid groups is 1. The molecule has 2 fully saturated rings. The van der Waals surface area contributed by atoms with Crippen molar-refractivity contribution in [1.82, 2.24) is 19.5 Å². The van der Waals surface area contributed by atoms with Crippen molar-refractivity contribution in [2.75, 3.05) is 12.3 Å². The van der Waals surface area contributed by atoms with E-state index in [1.54, 1.807) is 0 Å². The summed E-state index contributed by atoms with van der Waals surface area (Å²) in [5, 5.41) is 10.5. The van der Waals surface area contributed by atoms with Crippen molar-refractivity contribution in [3.63, 3.8) is 0 Å². The number of ether oxygens (including phenoxy) is 1. The number of phosphoric ester groups is 1. The van der Waals surface area contributed by atoms with Crippen LogP contribution in [0.25, 0.3) is 11.2 Å². The third kappa shape index (κ3) is 2.38. The molecule has 2 aliphatic heterocycles. The summed E-state index contributed by atoms with van der Waals surface area (Å²) in [5.74, 6) is 0.179. The number of hydrogen-bond acceptors (Lipinski definition) is 9. The van der Waals surface area contributed by atoms with Gasteiger partial charge in [0.25, 0.3) is 0 Å². The van der Waals surface area contributed by atoms with Gasteiger partial charge in [0.2, 0.25) is 0 Å². The lowest BCUT2D eigenvalue weighted by molar-refractivity contribution is -0.0669. The van der Waals surface area contributed by atoms with Crippen LogP contribution in [0.5, 0.6) is 0 Å². The van der Waals surface area contributed by atoms with Gasteiger partial charge in [-0.2, -0.15) is 0 Å². The Morgan fingerprint density at radius 2 is 2.26 bits per heavy atom. The zero-order valence-corrected chi connectivity index (χ0v) is 13.8. The molecule has 2 unspecified atom stereocenters. The minimum atomic E-state index is -4.19. The summed E-state index contributed by atoms with van der Waals surface area (Å²) < 4.78 is 28.6. The van der Waals surface area contributed by atoms with Gasteiger partial charge in [-0.1, -0.05) is 0 Å². The fourth-order valence-electron chi connectivity index (χ4n) is 2.67. The van der Waals surface area contributed by atoms with Crippen molar-refractivity contribution in [1.29, 1.82) is 0 Å². The summed E-state index contributed by atoms with van der Waals surface area (Å²) in [6, 6.07) is 0. The van der Waals surface area contributed by atoms with E-state index in [9.17, 15) is 14.6 Å². The zero-order valence-electron chi connectivity index (χ0n) is 11.3. The lowest BCUT2D eigenvalue weighted by Crippen LogP contribution is -2.39. The number of imidazole rings is 1. The summed E-state index contributed by atoms with van der Waals surface area (Å²) >= 11 is 3.26. The van der Waals surface area contributed by atoms with Gasteiger partial charge in [0.15, 0.2) is 27.9 Å². The molecular weight excluding hydrogens is 397 g/mol. The van der Waals surface area contributed by atoms with Crippen molar-refractivity contribution in [2.24, 2.45) is 0 Å². The highest BCUT2D eigenvalue weighted by Crippen LogP contribution is 2.52. The summed E-state index contributed by atoms with van der Waals surface area (Å²) in [6.45, 7) is -0.173. The highest BCUT2D eigenvalue weighted by atomic mass is 79.9. The normalized spacial score (nSPS) is 37.2. The van der Waals surface area contributed by atoms with E-state index < -0.39 is 32.4 Å². The molecule has 5 atom stereocenters. The van der Waals surface area contributed by atoms with Gasteiger partial charge in [-0.25, -0.2) is 19.5 Å². The fourth-order valence-corrected chi connectivity index (χ4v) is 4.19. The molecule has 4 N–H and O–H groups in total. The molecule has 2 saturated heterocycles. The second-order valence-electron chi connectivity index (χ2n) is 5.07. The van der Waals surface area contributed by atoms with E-state index in [1.165, 1.54) is 10.9 Å². The van der Waals surface area contributed by atoms with Gasteiger partial charge in [-0.05, 0) is 15.9 Å². The number of aliphatic hydroxyl groups is 1. The predicted molar refractivity (Wildman–Crippen MR) is 78.0 cm³/mol. The Morgan fingerprint density at radius 3 is 3.04 bits per heavy atom. The molecule has 124 valence electrons. The van der Waals surface area contributed by atoms with E-state index in [2.05, 4.69) is 30.9 Å². The van der Waals surface area contributed by atoms with Crippen molar-refractivity contribution in [3.05, 3.63) is 11.1 Å². The first-order chi connectivity index (χ1) is 10.9. The summed E-state index contributed by atoms with van der Waals surface area (Å²) in [4.78, 5) is 21.5. The Morgan fingerprint density at radius 1 is 1.48 bits per heavy atom. The summed E-state index contributed by atoms with van der Waals surface area (Å²) in [6.07, 6.45) is -2.62. The highest BCUT2D eigenvalue weighted by Gasteiger charge is 2.53. The van der Waals surface area contributed by atoms with E-state index in [0.717, 1.165) is 0 Å². The van der Waals surface area contributed by atoms with Crippen molar-refractivity contribution in [3.8, 4) is 0 Å². The smallest absolute Gasteiger partial charge is 0.386 e. The molecule has 0 amide bonds. The van der Waals surface area contributed by atoms with Crippen LogP contribution in [0.1, 0.15) is 6.23 Å². The number of anilines is 1. The molecule has 2 aliphatic rings. The molecular formula is C10H11BrN5O6P. The first-order valence-electron chi connectivity index (χ1n) is 6.50. The third-order valence-electron chi connectivity index (χ3n) is 3.68. The Kier molecular flexibility index (Phi) is 3.47. The monoisotopic (exact) mass is 407 g/mol. The molecule has 23 heavy (non-hydrogen) atoms. The van der Waals surface area contributed by atoms with Crippen LogP contribution < -0.4 is 5.73 Å². The predicted octanol–water partition coefficient (Wildman–Crippen LogP) is -0.0549. The number of fused-ring (bicyclic) bond motifs is 2. The maximum atomic E-state index is 11.5. The average Bonchev–Trinajstić information content (AvgIpc) is 2.97. The zero-order chi connectivity index (χ0) is 16.4. The van der Waals surface area contributed by atoms with Gasteiger partial charge in [-0.3, -0.25) is 13.6 Å². The lowest BCUT2D eigenvalue weighted by Gasteiger charge is -2.27. The molecule has 0 radical (unpaired) electrons. The average molecular weight is 408 g/mol. The first-order valence-corrected chi connectivity index (χ1v) is 8.79. The summed E-state index contributed by atoms with van der Waals surface area (Å²) in [5.41, 5.74) is 6.45. The first kappa shape index (κ1) is 15.4. The molecule has 2 aromatic rings. The number of aromatic nitrogens is 4. The minimum Gasteiger partial charge on any atom is -0.386 e. The van der Waals surface area contributed by atoms with Crippen LogP contribution in [0.15, 0.2) is 11.1 Å². The third-order valence-corrected chi connectivity index (χ3v) is 5.23. The van der Waals surface area contributed by atoms with Crippen LogP contribution in [-0.4, -0.2) is 54.4 Å². The number of nitrogens with two attached hydrogens (primary N) is 1. The fraction of sp³-hybridized carbons (Fsp3) is 0.500. The molecule has 2 aromatic heterocycles. The molecule has 4 heterocycles. The maximum Gasteiger partial charge on any atom is 0.472 e. The number of hydrogen-bond donors (Lipinski definition) is 3. The Balaban J connectivity index is 1.76.